The van der Waals surface area contributed by atoms with Gasteiger partial charge in [-0.15, -0.1) is 0 Å². The molecule has 1 unspecified atom stereocenters. The van der Waals surface area contributed by atoms with Crippen LogP contribution < -0.4 is 5.32 Å². The molecular formula is C13H14N4O3S. The third-order valence-electron chi connectivity index (χ3n) is 3.48. The number of amides is 1. The van der Waals surface area contributed by atoms with Gasteiger partial charge in [-0.2, -0.15) is 0 Å². The maximum atomic E-state index is 12.3. The van der Waals surface area contributed by atoms with Crippen LogP contribution in [0, 0.1) is 5.92 Å². The molecule has 0 fully saturated rings. The zero-order valence-corrected chi connectivity index (χ0v) is 12.2. The Hall–Kier alpha value is -2.22. The third-order valence-corrected chi connectivity index (χ3v) is 4.37. The van der Waals surface area contributed by atoms with Crippen molar-refractivity contribution in [3.05, 3.63) is 28.8 Å². The Bertz CT molecular complexity index is 679. The minimum Gasteiger partial charge on any atom is -0.465 e. The maximum absolute atomic E-state index is 12.3. The number of aromatic amines is 1. The van der Waals surface area contributed by atoms with E-state index in [1.807, 2.05) is 0 Å². The summed E-state index contributed by atoms with van der Waals surface area (Å²) in [6.07, 6.45) is 5.27. The van der Waals surface area contributed by atoms with E-state index in [1.54, 1.807) is 6.33 Å². The van der Waals surface area contributed by atoms with E-state index < -0.39 is 5.97 Å². The number of fused-ring (bicyclic) bond motifs is 1. The number of nitrogens with zero attached hydrogens (tertiary/aromatic N) is 2. The molecule has 1 aliphatic carbocycles. The van der Waals surface area contributed by atoms with E-state index in [0.717, 1.165) is 35.6 Å². The van der Waals surface area contributed by atoms with Gasteiger partial charge < -0.3 is 15.0 Å². The lowest BCUT2D eigenvalue weighted by Crippen LogP contribution is -2.28. The van der Waals surface area contributed by atoms with Gasteiger partial charge in [-0.1, -0.05) is 11.3 Å². The van der Waals surface area contributed by atoms with E-state index in [1.165, 1.54) is 13.3 Å². The monoisotopic (exact) mass is 306 g/mol. The number of esters is 1. The van der Waals surface area contributed by atoms with Crippen molar-refractivity contribution in [1.82, 2.24) is 15.0 Å². The molecule has 0 radical (unpaired) electrons. The molecule has 2 aromatic rings. The predicted octanol–water partition coefficient (Wildman–Crippen LogP) is 1.40. The maximum Gasteiger partial charge on any atom is 0.349 e. The molecule has 2 heterocycles. The van der Waals surface area contributed by atoms with Crippen molar-refractivity contribution in [2.45, 2.75) is 19.3 Å². The number of aryl methyl sites for hydroxylation is 1. The number of ether oxygens (including phenoxy) is 1. The van der Waals surface area contributed by atoms with E-state index in [2.05, 4.69) is 25.0 Å². The molecule has 1 amide bonds. The third kappa shape index (κ3) is 2.80. The van der Waals surface area contributed by atoms with E-state index >= 15 is 0 Å². The van der Waals surface area contributed by atoms with Crippen LogP contribution >= 0.6 is 11.3 Å². The van der Waals surface area contributed by atoms with Gasteiger partial charge in [0.05, 0.1) is 25.3 Å². The first-order valence-corrected chi connectivity index (χ1v) is 7.35. The average Bonchev–Trinajstić information content (AvgIpc) is 3.14. The number of hydrogen-bond acceptors (Lipinski definition) is 6. The van der Waals surface area contributed by atoms with Crippen molar-refractivity contribution in [2.75, 3.05) is 12.4 Å². The largest absolute Gasteiger partial charge is 0.465 e. The summed E-state index contributed by atoms with van der Waals surface area (Å²) < 4.78 is 4.61. The van der Waals surface area contributed by atoms with Gasteiger partial charge in [0.25, 0.3) is 0 Å². The SMILES string of the molecule is COC(=O)c1cnc(NC(=O)C2CCc3nc[nH]c3C2)s1. The second-order valence-corrected chi connectivity index (χ2v) is 5.81. The highest BCUT2D eigenvalue weighted by Crippen LogP contribution is 2.25. The van der Waals surface area contributed by atoms with Crippen LogP contribution in [-0.2, 0) is 22.4 Å². The van der Waals surface area contributed by atoms with Gasteiger partial charge in [-0.05, 0) is 12.8 Å². The van der Waals surface area contributed by atoms with Crippen molar-refractivity contribution in [3.8, 4) is 0 Å². The highest BCUT2D eigenvalue weighted by Gasteiger charge is 2.26. The molecule has 2 aromatic heterocycles. The van der Waals surface area contributed by atoms with Crippen LogP contribution in [0.5, 0.6) is 0 Å². The minimum absolute atomic E-state index is 0.0824. The number of carbonyl (C=O) groups excluding carboxylic acids is 2. The summed E-state index contributed by atoms with van der Waals surface area (Å²) >= 11 is 1.11. The number of carbonyl (C=O) groups is 2. The summed E-state index contributed by atoms with van der Waals surface area (Å²) in [4.78, 5) is 35.3. The fraction of sp³-hybridized carbons (Fsp3) is 0.385. The number of imidazole rings is 1. The number of hydrogen-bond donors (Lipinski definition) is 2. The van der Waals surface area contributed by atoms with Crippen LogP contribution in [0.3, 0.4) is 0 Å². The standard InChI is InChI=1S/C13H14N4O3S/c1-20-12(19)10-5-14-13(21-10)17-11(18)7-2-3-8-9(4-7)16-6-15-8/h5-7H,2-4H2,1H3,(H,15,16)(H,14,17,18). The fourth-order valence-electron chi connectivity index (χ4n) is 2.36. The molecule has 0 saturated carbocycles. The number of nitrogens with one attached hydrogen (secondary N) is 2. The molecule has 0 bridgehead atoms. The second kappa shape index (κ2) is 5.65. The summed E-state index contributed by atoms with van der Waals surface area (Å²) in [6, 6.07) is 0. The molecule has 0 aromatic carbocycles. The highest BCUT2D eigenvalue weighted by atomic mass is 32.1. The van der Waals surface area contributed by atoms with Crippen LogP contribution in [0.2, 0.25) is 0 Å². The van der Waals surface area contributed by atoms with Crippen LogP contribution in [0.25, 0.3) is 0 Å². The Labute approximate surface area is 124 Å². The Balaban J connectivity index is 1.64. The van der Waals surface area contributed by atoms with E-state index in [0.29, 0.717) is 16.4 Å². The molecular weight excluding hydrogens is 292 g/mol. The fourth-order valence-corrected chi connectivity index (χ4v) is 3.10. The number of H-pyrrole nitrogens is 1. The summed E-state index contributed by atoms with van der Waals surface area (Å²) in [7, 11) is 1.31. The lowest BCUT2D eigenvalue weighted by Gasteiger charge is -2.19. The number of methoxy groups -OCH3 is 1. The number of anilines is 1. The molecule has 7 nitrogen and oxygen atoms in total. The zero-order chi connectivity index (χ0) is 14.8. The van der Waals surface area contributed by atoms with Crippen molar-refractivity contribution in [1.29, 1.82) is 0 Å². The number of thiazole rings is 1. The second-order valence-electron chi connectivity index (χ2n) is 4.78. The molecule has 3 rings (SSSR count). The molecule has 0 aliphatic heterocycles. The first kappa shape index (κ1) is 13.7. The molecule has 8 heteroatoms. The first-order chi connectivity index (χ1) is 10.2. The lowest BCUT2D eigenvalue weighted by atomic mass is 9.89. The van der Waals surface area contributed by atoms with E-state index in [-0.39, 0.29) is 11.8 Å². The molecule has 21 heavy (non-hydrogen) atoms. The zero-order valence-electron chi connectivity index (χ0n) is 11.4. The molecule has 1 aliphatic rings. The van der Waals surface area contributed by atoms with Gasteiger partial charge >= 0.3 is 5.97 Å². The van der Waals surface area contributed by atoms with Crippen LogP contribution in [0.4, 0.5) is 5.13 Å². The van der Waals surface area contributed by atoms with Gasteiger partial charge in [-0.3, -0.25) is 4.79 Å². The van der Waals surface area contributed by atoms with Crippen molar-refractivity contribution >= 4 is 28.3 Å². The molecule has 2 N–H and O–H groups in total. The highest BCUT2D eigenvalue weighted by molar-refractivity contribution is 7.17. The van der Waals surface area contributed by atoms with E-state index in [9.17, 15) is 9.59 Å². The quantitative estimate of drug-likeness (QED) is 0.835. The van der Waals surface area contributed by atoms with Crippen molar-refractivity contribution in [3.63, 3.8) is 0 Å². The Kier molecular flexibility index (Phi) is 3.70. The number of aromatic nitrogens is 3. The Morgan fingerprint density at radius 2 is 2.33 bits per heavy atom. The first-order valence-electron chi connectivity index (χ1n) is 6.53. The topological polar surface area (TPSA) is 97.0 Å². The van der Waals surface area contributed by atoms with Crippen molar-refractivity contribution in [2.24, 2.45) is 5.92 Å². The minimum atomic E-state index is -0.451. The molecule has 1 atom stereocenters. The molecule has 0 saturated heterocycles. The van der Waals surface area contributed by atoms with Gasteiger partial charge in [0, 0.05) is 18.0 Å². The van der Waals surface area contributed by atoms with Crippen molar-refractivity contribution < 1.29 is 14.3 Å². The normalized spacial score (nSPS) is 17.1. The average molecular weight is 306 g/mol. The van der Waals surface area contributed by atoms with E-state index in [4.69, 9.17) is 0 Å². The molecule has 0 spiro atoms. The van der Waals surface area contributed by atoms with Crippen LogP contribution in [-0.4, -0.2) is 33.9 Å². The molecule has 110 valence electrons. The van der Waals surface area contributed by atoms with Crippen LogP contribution in [0.15, 0.2) is 12.5 Å². The summed E-state index contributed by atoms with van der Waals surface area (Å²) in [5, 5.41) is 3.17. The van der Waals surface area contributed by atoms with Gasteiger partial charge in [0.15, 0.2) is 5.13 Å². The summed E-state index contributed by atoms with van der Waals surface area (Å²) in [6.45, 7) is 0. The summed E-state index contributed by atoms with van der Waals surface area (Å²) in [5.41, 5.74) is 2.07. The Morgan fingerprint density at radius 1 is 1.48 bits per heavy atom. The van der Waals surface area contributed by atoms with Crippen LogP contribution in [0.1, 0.15) is 27.5 Å². The van der Waals surface area contributed by atoms with Gasteiger partial charge in [0.1, 0.15) is 4.88 Å². The predicted molar refractivity (Wildman–Crippen MR) is 76.2 cm³/mol. The Morgan fingerprint density at radius 3 is 3.14 bits per heavy atom. The number of rotatable bonds is 3. The van der Waals surface area contributed by atoms with Gasteiger partial charge in [-0.25, -0.2) is 14.8 Å². The summed E-state index contributed by atoms with van der Waals surface area (Å²) in [5.74, 6) is -0.641. The lowest BCUT2D eigenvalue weighted by molar-refractivity contribution is -0.120. The smallest absolute Gasteiger partial charge is 0.349 e. The van der Waals surface area contributed by atoms with Gasteiger partial charge in [0.2, 0.25) is 5.91 Å².